The molecule has 0 atom stereocenters. The lowest BCUT2D eigenvalue weighted by molar-refractivity contribution is -0.603. The Morgan fingerprint density at radius 2 is 2.21 bits per heavy atom. The van der Waals surface area contributed by atoms with Crippen LogP contribution in [0.3, 0.4) is 0 Å². The maximum atomic E-state index is 10.9. The Morgan fingerprint density at radius 1 is 1.57 bits per heavy atom. The summed E-state index contributed by atoms with van der Waals surface area (Å²) in [6, 6.07) is 2.89. The zero-order chi connectivity index (χ0) is 10.8. The van der Waals surface area contributed by atoms with Crippen molar-refractivity contribution in [1.29, 1.82) is 0 Å². The fourth-order valence-corrected chi connectivity index (χ4v) is 1.23. The third-order valence-corrected chi connectivity index (χ3v) is 2.21. The van der Waals surface area contributed by atoms with Crippen molar-refractivity contribution in [2.45, 2.75) is 6.61 Å². The van der Waals surface area contributed by atoms with Crippen molar-refractivity contribution >= 4 is 21.7 Å². The van der Waals surface area contributed by atoms with Gasteiger partial charge in [-0.05, 0) is 17.7 Å². The molecule has 0 aromatic carbocycles. The first-order valence-corrected chi connectivity index (χ1v) is 5.80. The van der Waals surface area contributed by atoms with Gasteiger partial charge in [-0.1, -0.05) is 0 Å². The van der Waals surface area contributed by atoms with Gasteiger partial charge in [-0.3, -0.25) is 4.18 Å². The summed E-state index contributed by atoms with van der Waals surface area (Å²) in [5.74, 6) is 0. The molecule has 0 spiro atoms. The van der Waals surface area contributed by atoms with E-state index in [1.54, 1.807) is 0 Å². The molecule has 1 aromatic heterocycles. The van der Waals surface area contributed by atoms with Crippen LogP contribution in [0, 0.1) is 5.21 Å². The molecular formula is C7H8ClNO4S. The third-order valence-electron chi connectivity index (χ3n) is 1.37. The molecule has 0 radical (unpaired) electrons. The van der Waals surface area contributed by atoms with Crippen LogP contribution in [0.2, 0.25) is 5.15 Å². The second-order valence-corrected chi connectivity index (χ2v) is 4.68. The molecule has 1 aromatic rings. The van der Waals surface area contributed by atoms with Crippen LogP contribution in [0.4, 0.5) is 0 Å². The molecule has 7 heteroatoms. The van der Waals surface area contributed by atoms with Crippen LogP contribution in [0.25, 0.3) is 0 Å². The van der Waals surface area contributed by atoms with Crippen LogP contribution in [0.15, 0.2) is 18.3 Å². The highest BCUT2D eigenvalue weighted by Gasteiger charge is 2.06. The highest BCUT2D eigenvalue weighted by atomic mass is 35.5. The maximum Gasteiger partial charge on any atom is 0.286 e. The Balaban J connectivity index is 2.74. The fraction of sp³-hybridized carbons (Fsp3) is 0.286. The van der Waals surface area contributed by atoms with Gasteiger partial charge in [0, 0.05) is 11.6 Å². The molecule has 5 nitrogen and oxygen atoms in total. The van der Waals surface area contributed by atoms with Crippen molar-refractivity contribution in [2.24, 2.45) is 0 Å². The Labute approximate surface area is 86.6 Å². The van der Waals surface area contributed by atoms with Crippen LogP contribution in [0.1, 0.15) is 5.56 Å². The molecule has 1 heterocycles. The van der Waals surface area contributed by atoms with Gasteiger partial charge in [0.05, 0.1) is 12.9 Å². The minimum atomic E-state index is -3.49. The fourth-order valence-electron chi connectivity index (χ4n) is 0.765. The number of nitrogens with zero attached hydrogens (tertiary/aromatic N) is 1. The molecule has 14 heavy (non-hydrogen) atoms. The van der Waals surface area contributed by atoms with E-state index >= 15 is 0 Å². The molecule has 0 bridgehead atoms. The van der Waals surface area contributed by atoms with Gasteiger partial charge in [-0.2, -0.15) is 13.1 Å². The maximum absolute atomic E-state index is 10.9. The number of halogens is 1. The van der Waals surface area contributed by atoms with Gasteiger partial charge in [0.2, 0.25) is 0 Å². The number of hydrogen-bond acceptors (Lipinski definition) is 4. The zero-order valence-corrected chi connectivity index (χ0v) is 8.88. The smallest absolute Gasteiger partial charge is 0.286 e. The normalized spacial score (nSPS) is 11.6. The molecule has 0 fully saturated rings. The van der Waals surface area contributed by atoms with Gasteiger partial charge in [-0.25, -0.2) is 0 Å². The van der Waals surface area contributed by atoms with Crippen LogP contribution < -0.4 is 4.73 Å². The highest BCUT2D eigenvalue weighted by molar-refractivity contribution is 7.85. The summed E-state index contributed by atoms with van der Waals surface area (Å²) in [5, 5.41) is 11.0. The molecule has 0 unspecified atom stereocenters. The van der Waals surface area contributed by atoms with Gasteiger partial charge in [-0.15, -0.1) is 0 Å². The predicted octanol–water partition coefficient (Wildman–Crippen LogP) is 0.450. The zero-order valence-electron chi connectivity index (χ0n) is 7.31. The summed E-state index contributed by atoms with van der Waals surface area (Å²) < 4.78 is 26.2. The largest absolute Gasteiger partial charge is 0.618 e. The minimum Gasteiger partial charge on any atom is -0.618 e. The van der Waals surface area contributed by atoms with Gasteiger partial charge in [0.15, 0.2) is 6.20 Å². The second-order valence-electron chi connectivity index (χ2n) is 2.65. The van der Waals surface area contributed by atoms with Crippen molar-refractivity contribution in [3.8, 4) is 0 Å². The minimum absolute atomic E-state index is 0.0214. The Kier molecular flexibility index (Phi) is 3.30. The molecule has 0 aliphatic carbocycles. The van der Waals surface area contributed by atoms with E-state index in [0.717, 1.165) is 12.5 Å². The van der Waals surface area contributed by atoms with Gasteiger partial charge in [0.1, 0.15) is 0 Å². The number of pyridine rings is 1. The summed E-state index contributed by atoms with van der Waals surface area (Å²) in [6.45, 7) is -0.168. The Hall–Kier alpha value is -0.850. The number of aromatic nitrogens is 1. The molecule has 1 rings (SSSR count). The van der Waals surface area contributed by atoms with Crippen LogP contribution in [0.5, 0.6) is 0 Å². The number of hydrogen-bond donors (Lipinski definition) is 0. The van der Waals surface area contributed by atoms with E-state index in [4.69, 9.17) is 11.6 Å². The molecule has 0 amide bonds. The Bertz CT molecular complexity index is 431. The van der Waals surface area contributed by atoms with Crippen molar-refractivity contribution in [1.82, 2.24) is 0 Å². The van der Waals surface area contributed by atoms with E-state index in [-0.39, 0.29) is 11.8 Å². The first kappa shape index (κ1) is 11.2. The summed E-state index contributed by atoms with van der Waals surface area (Å²) in [7, 11) is -3.49. The molecule has 0 saturated carbocycles. The van der Waals surface area contributed by atoms with E-state index in [9.17, 15) is 13.6 Å². The molecule has 78 valence electrons. The quantitative estimate of drug-likeness (QED) is 0.331. The molecular weight excluding hydrogens is 230 g/mol. The van der Waals surface area contributed by atoms with E-state index < -0.39 is 10.1 Å². The SMILES string of the molecule is CS(=O)(=O)OCc1ccc(Cl)[n+]([O-])c1. The van der Waals surface area contributed by atoms with Gasteiger partial charge < -0.3 is 5.21 Å². The van der Waals surface area contributed by atoms with Crippen LogP contribution in [-0.2, 0) is 20.9 Å². The summed E-state index contributed by atoms with van der Waals surface area (Å²) in [6.07, 6.45) is 2.10. The average Bonchev–Trinajstić information content (AvgIpc) is 2.06. The first-order valence-electron chi connectivity index (χ1n) is 3.60. The summed E-state index contributed by atoms with van der Waals surface area (Å²) in [4.78, 5) is 0. The van der Waals surface area contributed by atoms with Gasteiger partial charge >= 0.3 is 0 Å². The average molecular weight is 238 g/mol. The second kappa shape index (κ2) is 4.12. The topological polar surface area (TPSA) is 70.3 Å². The molecule has 0 saturated heterocycles. The van der Waals surface area contributed by atoms with Crippen molar-refractivity contribution in [3.63, 3.8) is 0 Å². The monoisotopic (exact) mass is 237 g/mol. The van der Waals surface area contributed by atoms with Crippen molar-refractivity contribution in [3.05, 3.63) is 34.3 Å². The lowest BCUT2D eigenvalue weighted by Crippen LogP contribution is -2.27. The van der Waals surface area contributed by atoms with E-state index in [1.807, 2.05) is 0 Å². The standard InChI is InChI=1S/C7H8ClNO4S/c1-14(11,12)13-5-6-2-3-7(8)9(10)4-6/h2-4H,5H2,1H3. The third kappa shape index (κ3) is 3.49. The van der Waals surface area contributed by atoms with E-state index in [1.165, 1.54) is 12.1 Å². The Morgan fingerprint density at radius 3 is 2.71 bits per heavy atom. The van der Waals surface area contributed by atoms with Crippen molar-refractivity contribution < 1.29 is 17.3 Å². The summed E-state index contributed by atoms with van der Waals surface area (Å²) >= 11 is 5.46. The van der Waals surface area contributed by atoms with Crippen molar-refractivity contribution in [2.75, 3.05) is 6.26 Å². The van der Waals surface area contributed by atoms with E-state index in [2.05, 4.69) is 4.18 Å². The predicted molar refractivity (Wildman–Crippen MR) is 50.0 cm³/mol. The highest BCUT2D eigenvalue weighted by Crippen LogP contribution is 2.05. The number of rotatable bonds is 3. The summed E-state index contributed by atoms with van der Waals surface area (Å²) in [5.41, 5.74) is 0.440. The molecule has 0 N–H and O–H groups in total. The lowest BCUT2D eigenvalue weighted by atomic mass is 10.3. The lowest BCUT2D eigenvalue weighted by Gasteiger charge is -2.02. The van der Waals surface area contributed by atoms with E-state index in [0.29, 0.717) is 10.3 Å². The van der Waals surface area contributed by atoms with Crippen LogP contribution in [-0.4, -0.2) is 14.7 Å². The first-order chi connectivity index (χ1) is 6.38. The van der Waals surface area contributed by atoms with Gasteiger partial charge in [0.25, 0.3) is 15.3 Å². The molecule has 0 aliphatic rings. The molecule has 0 aliphatic heterocycles. The van der Waals surface area contributed by atoms with Crippen LogP contribution >= 0.6 is 11.6 Å².